The van der Waals surface area contributed by atoms with E-state index in [1.165, 1.54) is 0 Å². The van der Waals surface area contributed by atoms with Crippen molar-refractivity contribution in [3.05, 3.63) is 23.3 Å². The number of benzene rings is 1. The van der Waals surface area contributed by atoms with Gasteiger partial charge in [-0.25, -0.2) is 4.79 Å². The van der Waals surface area contributed by atoms with E-state index in [0.717, 1.165) is 29.0 Å². The van der Waals surface area contributed by atoms with Crippen molar-refractivity contribution in [1.82, 2.24) is 10.6 Å². The van der Waals surface area contributed by atoms with Gasteiger partial charge in [-0.05, 0) is 36.6 Å². The van der Waals surface area contributed by atoms with Gasteiger partial charge >= 0.3 is 6.03 Å². The van der Waals surface area contributed by atoms with Crippen molar-refractivity contribution in [2.75, 3.05) is 26.8 Å². The molecule has 5 heteroatoms. The van der Waals surface area contributed by atoms with Gasteiger partial charge in [0.15, 0.2) is 11.5 Å². The number of ether oxygens (including phenoxy) is 2. The van der Waals surface area contributed by atoms with Gasteiger partial charge in [-0.15, -0.1) is 0 Å². The van der Waals surface area contributed by atoms with E-state index in [2.05, 4.69) is 10.6 Å². The van der Waals surface area contributed by atoms with E-state index in [9.17, 15) is 4.79 Å². The number of fused-ring (bicyclic) bond motifs is 1. The first-order valence-corrected chi connectivity index (χ1v) is 6.05. The lowest BCUT2D eigenvalue weighted by Crippen LogP contribution is -2.34. The summed E-state index contributed by atoms with van der Waals surface area (Å²) in [6.45, 7) is 3.82. The number of aryl methyl sites for hydroxylation is 1. The topological polar surface area (TPSA) is 59.6 Å². The molecule has 1 aromatic rings. The second-order valence-corrected chi connectivity index (χ2v) is 4.18. The normalized spacial score (nSPS) is 13.0. The van der Waals surface area contributed by atoms with Crippen LogP contribution in [0, 0.1) is 6.92 Å². The summed E-state index contributed by atoms with van der Waals surface area (Å²) < 4.78 is 11.1. The van der Waals surface area contributed by atoms with E-state index in [1.807, 2.05) is 19.1 Å². The van der Waals surface area contributed by atoms with E-state index in [4.69, 9.17) is 9.47 Å². The number of rotatable bonds is 3. The number of hydrogen-bond donors (Lipinski definition) is 2. The Balaban J connectivity index is 2.02. The fraction of sp³-hybridized carbons (Fsp3) is 0.462. The Morgan fingerprint density at radius 1 is 1.28 bits per heavy atom. The summed E-state index contributed by atoms with van der Waals surface area (Å²) in [4.78, 5) is 11.1. The van der Waals surface area contributed by atoms with Crippen molar-refractivity contribution >= 4 is 6.03 Å². The van der Waals surface area contributed by atoms with Crippen LogP contribution in [0.2, 0.25) is 0 Å². The second-order valence-electron chi connectivity index (χ2n) is 4.18. The van der Waals surface area contributed by atoms with Crippen LogP contribution in [-0.4, -0.2) is 32.8 Å². The smallest absolute Gasteiger partial charge is 0.314 e. The van der Waals surface area contributed by atoms with Crippen molar-refractivity contribution in [2.24, 2.45) is 0 Å². The zero-order chi connectivity index (χ0) is 13.0. The zero-order valence-corrected chi connectivity index (χ0v) is 10.7. The van der Waals surface area contributed by atoms with Crippen LogP contribution in [0.3, 0.4) is 0 Å². The van der Waals surface area contributed by atoms with E-state index < -0.39 is 0 Å². The van der Waals surface area contributed by atoms with E-state index in [1.54, 1.807) is 7.05 Å². The van der Waals surface area contributed by atoms with E-state index in [-0.39, 0.29) is 6.03 Å². The summed E-state index contributed by atoms with van der Waals surface area (Å²) >= 11 is 0. The number of carbonyl (C=O) groups excluding carboxylic acids is 1. The Hall–Kier alpha value is -1.91. The Bertz CT molecular complexity index is 446. The summed E-state index contributed by atoms with van der Waals surface area (Å²) in [6, 6.07) is 3.82. The fourth-order valence-electron chi connectivity index (χ4n) is 1.90. The molecule has 1 heterocycles. The minimum atomic E-state index is -0.162. The molecule has 2 amide bonds. The molecular formula is C13H18N2O3. The molecule has 98 valence electrons. The third-order valence-corrected chi connectivity index (χ3v) is 2.91. The Labute approximate surface area is 106 Å². The molecule has 0 unspecified atom stereocenters. The molecule has 18 heavy (non-hydrogen) atoms. The molecular weight excluding hydrogens is 232 g/mol. The molecule has 0 bridgehead atoms. The van der Waals surface area contributed by atoms with Crippen LogP contribution in [0.15, 0.2) is 12.1 Å². The average molecular weight is 250 g/mol. The molecule has 2 rings (SSSR count). The molecule has 0 aliphatic carbocycles. The number of urea groups is 1. The predicted octanol–water partition coefficient (Wildman–Crippen LogP) is 1.24. The van der Waals surface area contributed by atoms with Crippen LogP contribution in [0.4, 0.5) is 4.79 Å². The van der Waals surface area contributed by atoms with Gasteiger partial charge in [0.2, 0.25) is 0 Å². The van der Waals surface area contributed by atoms with Gasteiger partial charge in [0.05, 0.1) is 0 Å². The van der Waals surface area contributed by atoms with Crippen LogP contribution < -0.4 is 20.1 Å². The Morgan fingerprint density at radius 3 is 2.61 bits per heavy atom. The maximum atomic E-state index is 11.1. The number of carbonyl (C=O) groups is 1. The minimum absolute atomic E-state index is 0.162. The number of amides is 2. The van der Waals surface area contributed by atoms with Gasteiger partial charge in [0, 0.05) is 13.6 Å². The lowest BCUT2D eigenvalue weighted by Gasteiger charge is -2.20. The van der Waals surface area contributed by atoms with Crippen LogP contribution in [0.25, 0.3) is 0 Å². The fourth-order valence-corrected chi connectivity index (χ4v) is 1.90. The minimum Gasteiger partial charge on any atom is -0.486 e. The summed E-state index contributed by atoms with van der Waals surface area (Å²) in [5.41, 5.74) is 2.31. The third kappa shape index (κ3) is 2.85. The van der Waals surface area contributed by atoms with Crippen LogP contribution >= 0.6 is 0 Å². The highest BCUT2D eigenvalue weighted by atomic mass is 16.6. The lowest BCUT2D eigenvalue weighted by molar-refractivity contribution is 0.171. The van der Waals surface area contributed by atoms with Gasteiger partial charge in [-0.1, -0.05) is 0 Å². The summed E-state index contributed by atoms with van der Waals surface area (Å²) in [5, 5.41) is 5.29. The summed E-state index contributed by atoms with van der Waals surface area (Å²) in [7, 11) is 1.60. The number of nitrogens with one attached hydrogen (secondary N) is 2. The van der Waals surface area contributed by atoms with Crippen molar-refractivity contribution in [3.63, 3.8) is 0 Å². The molecule has 0 fully saturated rings. The Morgan fingerprint density at radius 2 is 1.94 bits per heavy atom. The van der Waals surface area contributed by atoms with E-state index in [0.29, 0.717) is 19.8 Å². The monoisotopic (exact) mass is 250 g/mol. The molecule has 0 radical (unpaired) electrons. The van der Waals surface area contributed by atoms with Crippen LogP contribution in [-0.2, 0) is 6.42 Å². The molecule has 0 atom stereocenters. The first-order chi connectivity index (χ1) is 8.70. The van der Waals surface area contributed by atoms with Gasteiger partial charge in [0.25, 0.3) is 0 Å². The Kier molecular flexibility index (Phi) is 3.92. The van der Waals surface area contributed by atoms with Crippen LogP contribution in [0.1, 0.15) is 11.1 Å². The molecule has 5 nitrogen and oxygen atoms in total. The van der Waals surface area contributed by atoms with Crippen molar-refractivity contribution in [1.29, 1.82) is 0 Å². The first-order valence-electron chi connectivity index (χ1n) is 6.05. The standard InChI is InChI=1S/C13H18N2O3/c1-9-7-11-12(18-6-5-17-11)8-10(9)3-4-15-13(16)14-2/h7-8H,3-6H2,1-2H3,(H2,14,15,16). The van der Waals surface area contributed by atoms with Crippen LogP contribution in [0.5, 0.6) is 11.5 Å². The highest BCUT2D eigenvalue weighted by Gasteiger charge is 2.13. The average Bonchev–Trinajstić information content (AvgIpc) is 2.39. The van der Waals surface area contributed by atoms with Crippen molar-refractivity contribution in [2.45, 2.75) is 13.3 Å². The molecule has 1 aromatic carbocycles. The second kappa shape index (κ2) is 5.62. The highest BCUT2D eigenvalue weighted by Crippen LogP contribution is 2.32. The highest BCUT2D eigenvalue weighted by molar-refractivity contribution is 5.73. The molecule has 0 saturated carbocycles. The molecule has 2 N–H and O–H groups in total. The maximum absolute atomic E-state index is 11.1. The SMILES string of the molecule is CNC(=O)NCCc1cc2c(cc1C)OCCO2. The van der Waals surface area contributed by atoms with Gasteiger partial charge < -0.3 is 20.1 Å². The molecule has 1 aliphatic rings. The largest absolute Gasteiger partial charge is 0.486 e. The van der Waals surface area contributed by atoms with Gasteiger partial charge in [-0.2, -0.15) is 0 Å². The molecule has 0 spiro atoms. The van der Waals surface area contributed by atoms with E-state index >= 15 is 0 Å². The third-order valence-electron chi connectivity index (χ3n) is 2.91. The van der Waals surface area contributed by atoms with Crippen molar-refractivity contribution in [3.8, 4) is 11.5 Å². The maximum Gasteiger partial charge on any atom is 0.314 e. The molecule has 0 saturated heterocycles. The molecule has 0 aromatic heterocycles. The predicted molar refractivity (Wildman–Crippen MR) is 68.3 cm³/mol. The molecule has 1 aliphatic heterocycles. The first kappa shape index (κ1) is 12.5. The van der Waals surface area contributed by atoms with Gasteiger partial charge in [0.1, 0.15) is 13.2 Å². The summed E-state index contributed by atoms with van der Waals surface area (Å²) in [5.74, 6) is 1.60. The number of hydrogen-bond acceptors (Lipinski definition) is 3. The lowest BCUT2D eigenvalue weighted by atomic mass is 10.0. The zero-order valence-electron chi connectivity index (χ0n) is 10.7. The summed E-state index contributed by atoms with van der Waals surface area (Å²) in [6.07, 6.45) is 0.774. The quantitative estimate of drug-likeness (QED) is 0.848. The van der Waals surface area contributed by atoms with Gasteiger partial charge in [-0.3, -0.25) is 0 Å². The van der Waals surface area contributed by atoms with Crippen molar-refractivity contribution < 1.29 is 14.3 Å².